The zero-order valence-corrected chi connectivity index (χ0v) is 10.0. The van der Waals surface area contributed by atoms with Crippen molar-refractivity contribution in [3.8, 4) is 5.88 Å². The van der Waals surface area contributed by atoms with Gasteiger partial charge in [-0.2, -0.15) is 4.98 Å². The molecule has 0 aromatic carbocycles. The maximum atomic E-state index is 8.91. The average Bonchev–Trinajstić information content (AvgIpc) is 2.17. The third kappa shape index (κ3) is 4.02. The van der Waals surface area contributed by atoms with Crippen molar-refractivity contribution >= 4 is 5.95 Å². The second-order valence-electron chi connectivity index (χ2n) is 4.13. The van der Waals surface area contributed by atoms with Crippen LogP contribution in [-0.4, -0.2) is 33.8 Å². The highest BCUT2D eigenvalue weighted by Crippen LogP contribution is 2.16. The molecule has 1 aromatic heterocycles. The predicted molar refractivity (Wildman–Crippen MR) is 62.6 cm³/mol. The molecule has 0 atom stereocenters. The second kappa shape index (κ2) is 5.65. The van der Waals surface area contributed by atoms with Crippen LogP contribution in [0.5, 0.6) is 5.88 Å². The molecule has 0 bridgehead atoms. The van der Waals surface area contributed by atoms with Crippen LogP contribution in [0.2, 0.25) is 0 Å². The topological polar surface area (TPSA) is 67.3 Å². The van der Waals surface area contributed by atoms with Crippen LogP contribution in [0.4, 0.5) is 5.95 Å². The lowest BCUT2D eigenvalue weighted by Gasteiger charge is -2.25. The minimum Gasteiger partial charge on any atom is -0.478 e. The fourth-order valence-corrected chi connectivity index (χ4v) is 1.28. The first-order valence-corrected chi connectivity index (χ1v) is 5.42. The highest BCUT2D eigenvalue weighted by atomic mass is 16.5. The molecule has 0 spiro atoms. The number of nitrogens with one attached hydrogen (secondary N) is 1. The number of aliphatic hydroxyl groups excluding tert-OH is 1. The molecule has 5 nitrogen and oxygen atoms in total. The van der Waals surface area contributed by atoms with Crippen LogP contribution in [0, 0.1) is 0 Å². The molecule has 0 saturated heterocycles. The normalized spacial score (nSPS) is 11.2. The van der Waals surface area contributed by atoms with E-state index in [9.17, 15) is 0 Å². The Kier molecular flexibility index (Phi) is 4.49. The molecule has 0 fully saturated rings. The first-order chi connectivity index (χ1) is 7.57. The number of hydrogen-bond donors (Lipinski definition) is 2. The number of aromatic nitrogens is 2. The van der Waals surface area contributed by atoms with Gasteiger partial charge in [-0.25, -0.2) is 4.98 Å². The maximum absolute atomic E-state index is 8.91. The van der Waals surface area contributed by atoms with Gasteiger partial charge < -0.3 is 15.2 Å². The molecule has 0 amide bonds. The highest BCUT2D eigenvalue weighted by molar-refractivity contribution is 5.30. The minimum atomic E-state index is -0.237. The molecule has 16 heavy (non-hydrogen) atoms. The Morgan fingerprint density at radius 2 is 2.25 bits per heavy atom. The van der Waals surface area contributed by atoms with Gasteiger partial charge in [-0.1, -0.05) is 0 Å². The van der Waals surface area contributed by atoms with Crippen LogP contribution < -0.4 is 10.1 Å². The van der Waals surface area contributed by atoms with Crippen molar-refractivity contribution in [2.45, 2.75) is 32.7 Å². The monoisotopic (exact) mass is 225 g/mol. The smallest absolute Gasteiger partial charge is 0.226 e. The van der Waals surface area contributed by atoms with Gasteiger partial charge in [0.05, 0.1) is 6.61 Å². The largest absolute Gasteiger partial charge is 0.478 e. The first kappa shape index (κ1) is 12.7. The number of aliphatic hydroxyl groups is 1. The van der Waals surface area contributed by atoms with E-state index in [0.717, 1.165) is 0 Å². The van der Waals surface area contributed by atoms with Crippen LogP contribution in [-0.2, 0) is 0 Å². The van der Waals surface area contributed by atoms with E-state index in [0.29, 0.717) is 24.9 Å². The Labute approximate surface area is 95.9 Å². The lowest BCUT2D eigenvalue weighted by molar-refractivity contribution is 0.260. The lowest BCUT2D eigenvalue weighted by atomic mass is 10.0. The summed E-state index contributed by atoms with van der Waals surface area (Å²) in [6.45, 7) is 6.59. The Bertz CT molecular complexity index is 329. The van der Waals surface area contributed by atoms with Crippen LogP contribution in [0.25, 0.3) is 0 Å². The van der Waals surface area contributed by atoms with Gasteiger partial charge in [0.2, 0.25) is 11.8 Å². The molecule has 0 unspecified atom stereocenters. The Balaban J connectivity index is 2.69. The maximum Gasteiger partial charge on any atom is 0.226 e. The van der Waals surface area contributed by atoms with E-state index in [2.05, 4.69) is 15.3 Å². The molecule has 1 aromatic rings. The standard InChI is InChI=1S/C11H19N3O2/c1-4-16-9-5-7-12-10(13-9)14-11(2,3)6-8-15/h5,7,15H,4,6,8H2,1-3H3,(H,12,13,14). The summed E-state index contributed by atoms with van der Waals surface area (Å²) in [5, 5.41) is 12.1. The number of ether oxygens (including phenoxy) is 1. The van der Waals surface area contributed by atoms with Crippen molar-refractivity contribution in [1.82, 2.24) is 9.97 Å². The molecule has 0 saturated carbocycles. The van der Waals surface area contributed by atoms with Gasteiger partial charge in [-0.05, 0) is 27.2 Å². The third-order valence-corrected chi connectivity index (χ3v) is 2.11. The van der Waals surface area contributed by atoms with Crippen molar-refractivity contribution in [2.75, 3.05) is 18.5 Å². The summed E-state index contributed by atoms with van der Waals surface area (Å²) in [5.74, 6) is 1.07. The Morgan fingerprint density at radius 3 is 2.88 bits per heavy atom. The number of hydrogen-bond acceptors (Lipinski definition) is 5. The molecular weight excluding hydrogens is 206 g/mol. The van der Waals surface area contributed by atoms with Gasteiger partial charge in [0.15, 0.2) is 0 Å². The lowest BCUT2D eigenvalue weighted by Crippen LogP contribution is -2.32. The van der Waals surface area contributed by atoms with Crippen LogP contribution in [0.3, 0.4) is 0 Å². The van der Waals surface area contributed by atoms with Crippen molar-refractivity contribution in [3.05, 3.63) is 12.3 Å². The predicted octanol–water partition coefficient (Wildman–Crippen LogP) is 1.45. The molecule has 2 N–H and O–H groups in total. The molecule has 0 aliphatic carbocycles. The fraction of sp³-hybridized carbons (Fsp3) is 0.636. The van der Waals surface area contributed by atoms with Gasteiger partial charge in [0.25, 0.3) is 0 Å². The van der Waals surface area contributed by atoms with Crippen LogP contribution in [0.1, 0.15) is 27.2 Å². The highest BCUT2D eigenvalue weighted by Gasteiger charge is 2.17. The molecule has 90 valence electrons. The number of anilines is 1. The van der Waals surface area contributed by atoms with Gasteiger partial charge in [0, 0.05) is 24.4 Å². The van der Waals surface area contributed by atoms with Gasteiger partial charge in [-0.15, -0.1) is 0 Å². The molecule has 1 rings (SSSR count). The summed E-state index contributed by atoms with van der Waals surface area (Å²) in [5.41, 5.74) is -0.237. The Morgan fingerprint density at radius 1 is 1.50 bits per heavy atom. The first-order valence-electron chi connectivity index (χ1n) is 5.42. The van der Waals surface area contributed by atoms with Crippen molar-refractivity contribution in [3.63, 3.8) is 0 Å². The summed E-state index contributed by atoms with van der Waals surface area (Å²) in [4.78, 5) is 8.31. The van der Waals surface area contributed by atoms with Crippen molar-refractivity contribution in [2.24, 2.45) is 0 Å². The van der Waals surface area contributed by atoms with E-state index in [1.807, 2.05) is 20.8 Å². The van der Waals surface area contributed by atoms with E-state index in [1.54, 1.807) is 12.3 Å². The van der Waals surface area contributed by atoms with Crippen molar-refractivity contribution in [1.29, 1.82) is 0 Å². The summed E-state index contributed by atoms with van der Waals surface area (Å²) < 4.78 is 5.28. The molecule has 0 aliphatic rings. The second-order valence-corrected chi connectivity index (χ2v) is 4.13. The van der Waals surface area contributed by atoms with Gasteiger partial charge >= 0.3 is 0 Å². The molecule has 5 heteroatoms. The van der Waals surface area contributed by atoms with Gasteiger partial charge in [0.1, 0.15) is 0 Å². The van der Waals surface area contributed by atoms with Gasteiger partial charge in [-0.3, -0.25) is 0 Å². The van der Waals surface area contributed by atoms with E-state index in [1.165, 1.54) is 0 Å². The molecule has 0 aliphatic heterocycles. The Hall–Kier alpha value is -1.36. The van der Waals surface area contributed by atoms with Crippen LogP contribution >= 0.6 is 0 Å². The zero-order valence-electron chi connectivity index (χ0n) is 10.0. The molecular formula is C11H19N3O2. The van der Waals surface area contributed by atoms with E-state index in [4.69, 9.17) is 9.84 Å². The van der Waals surface area contributed by atoms with E-state index >= 15 is 0 Å². The van der Waals surface area contributed by atoms with Crippen molar-refractivity contribution < 1.29 is 9.84 Å². The molecule has 1 heterocycles. The van der Waals surface area contributed by atoms with E-state index < -0.39 is 0 Å². The number of nitrogens with zero attached hydrogens (tertiary/aromatic N) is 2. The quantitative estimate of drug-likeness (QED) is 0.767. The summed E-state index contributed by atoms with van der Waals surface area (Å²) in [6, 6.07) is 1.72. The zero-order chi connectivity index (χ0) is 12.0. The number of rotatable bonds is 6. The van der Waals surface area contributed by atoms with E-state index in [-0.39, 0.29) is 12.1 Å². The minimum absolute atomic E-state index is 0.130. The summed E-state index contributed by atoms with van der Waals surface area (Å²) >= 11 is 0. The fourth-order valence-electron chi connectivity index (χ4n) is 1.28. The average molecular weight is 225 g/mol. The molecule has 0 radical (unpaired) electrons. The SMILES string of the molecule is CCOc1ccnc(NC(C)(C)CCO)n1. The summed E-state index contributed by atoms with van der Waals surface area (Å²) in [7, 11) is 0. The summed E-state index contributed by atoms with van der Waals surface area (Å²) in [6.07, 6.45) is 2.28. The van der Waals surface area contributed by atoms with Crippen LogP contribution in [0.15, 0.2) is 12.3 Å². The third-order valence-electron chi connectivity index (χ3n) is 2.11.